The van der Waals surface area contributed by atoms with Gasteiger partial charge in [-0.3, -0.25) is 0 Å². The lowest BCUT2D eigenvalue weighted by atomic mass is 10.1. The Morgan fingerprint density at radius 3 is 2.82 bits per heavy atom. The molecule has 1 aromatic rings. The number of para-hydroxylation sites is 1. The minimum Gasteiger partial charge on any atom is -0.386 e. The van der Waals surface area contributed by atoms with E-state index in [1.54, 1.807) is 0 Å². The Morgan fingerprint density at radius 1 is 1.36 bits per heavy atom. The molecule has 1 aliphatic heterocycles. The van der Waals surface area contributed by atoms with E-state index in [2.05, 4.69) is 5.32 Å². The number of nitrogens with one attached hydrogen (secondary N) is 1. The molecule has 58 valence electrons. The topological polar surface area (TPSA) is 32.3 Å². The zero-order valence-electron chi connectivity index (χ0n) is 6.41. The molecule has 0 fully saturated rings. The van der Waals surface area contributed by atoms with E-state index >= 15 is 0 Å². The molecular weight excluding hydrogens is 138 g/mol. The van der Waals surface area contributed by atoms with Crippen LogP contribution in [0.25, 0.3) is 0 Å². The molecule has 2 N–H and O–H groups in total. The normalized spacial score (nSPS) is 27.8. The first-order valence-electron chi connectivity index (χ1n) is 3.82. The molecule has 0 amide bonds. The Bertz CT molecular complexity index is 272. The second-order valence-corrected chi connectivity index (χ2v) is 2.97. The molecule has 0 aliphatic carbocycles. The van der Waals surface area contributed by atoms with Gasteiger partial charge in [0, 0.05) is 11.3 Å². The molecule has 0 unspecified atom stereocenters. The van der Waals surface area contributed by atoms with Gasteiger partial charge < -0.3 is 10.4 Å². The van der Waals surface area contributed by atoms with Gasteiger partial charge in [-0.25, -0.2) is 0 Å². The van der Waals surface area contributed by atoms with Crippen LogP contribution in [-0.2, 0) is 0 Å². The van der Waals surface area contributed by atoms with E-state index in [1.165, 1.54) is 0 Å². The van der Waals surface area contributed by atoms with Crippen LogP contribution in [0.2, 0.25) is 0 Å². The highest BCUT2D eigenvalue weighted by Gasteiger charge is 2.25. The van der Waals surface area contributed by atoms with Gasteiger partial charge in [0.25, 0.3) is 0 Å². The molecule has 1 heterocycles. The predicted molar refractivity (Wildman–Crippen MR) is 44.5 cm³/mol. The fourth-order valence-corrected chi connectivity index (χ4v) is 1.48. The van der Waals surface area contributed by atoms with E-state index in [9.17, 15) is 5.11 Å². The lowest BCUT2D eigenvalue weighted by Crippen LogP contribution is -2.14. The van der Waals surface area contributed by atoms with E-state index in [4.69, 9.17) is 0 Å². The van der Waals surface area contributed by atoms with Crippen molar-refractivity contribution in [3.05, 3.63) is 29.8 Å². The maximum atomic E-state index is 9.59. The van der Waals surface area contributed by atoms with Crippen molar-refractivity contribution in [1.82, 2.24) is 0 Å². The zero-order chi connectivity index (χ0) is 7.84. The van der Waals surface area contributed by atoms with Gasteiger partial charge in [-0.2, -0.15) is 0 Å². The number of benzene rings is 1. The molecule has 2 rings (SSSR count). The quantitative estimate of drug-likeness (QED) is 0.586. The number of aliphatic hydroxyl groups excluding tert-OH is 1. The van der Waals surface area contributed by atoms with E-state index in [1.807, 2.05) is 31.2 Å². The minimum absolute atomic E-state index is 0.146. The van der Waals surface area contributed by atoms with Crippen molar-refractivity contribution in [2.45, 2.75) is 19.1 Å². The Labute approximate surface area is 65.9 Å². The Hall–Kier alpha value is -1.02. The van der Waals surface area contributed by atoms with Crippen molar-refractivity contribution < 1.29 is 5.11 Å². The lowest BCUT2D eigenvalue weighted by molar-refractivity contribution is 0.170. The number of hydrogen-bond acceptors (Lipinski definition) is 2. The number of rotatable bonds is 0. The molecule has 0 radical (unpaired) electrons. The number of anilines is 1. The minimum atomic E-state index is -0.341. The number of aliphatic hydroxyl groups is 1. The fraction of sp³-hybridized carbons (Fsp3) is 0.333. The van der Waals surface area contributed by atoms with Crippen LogP contribution in [0.4, 0.5) is 5.69 Å². The van der Waals surface area contributed by atoms with Crippen LogP contribution < -0.4 is 5.32 Å². The Kier molecular flexibility index (Phi) is 1.36. The van der Waals surface area contributed by atoms with E-state index in [0.29, 0.717) is 0 Å². The third-order valence-corrected chi connectivity index (χ3v) is 2.14. The van der Waals surface area contributed by atoms with Crippen LogP contribution in [0, 0.1) is 0 Å². The Morgan fingerprint density at radius 2 is 2.09 bits per heavy atom. The summed E-state index contributed by atoms with van der Waals surface area (Å²) in [6, 6.07) is 8.00. The highest BCUT2D eigenvalue weighted by atomic mass is 16.3. The zero-order valence-corrected chi connectivity index (χ0v) is 6.41. The summed E-state index contributed by atoms with van der Waals surface area (Å²) in [6.45, 7) is 1.98. The van der Waals surface area contributed by atoms with E-state index in [0.717, 1.165) is 11.3 Å². The first-order valence-corrected chi connectivity index (χ1v) is 3.82. The van der Waals surface area contributed by atoms with Crippen LogP contribution in [0.5, 0.6) is 0 Å². The van der Waals surface area contributed by atoms with E-state index in [-0.39, 0.29) is 12.1 Å². The van der Waals surface area contributed by atoms with E-state index < -0.39 is 0 Å². The monoisotopic (exact) mass is 149 g/mol. The van der Waals surface area contributed by atoms with Crippen LogP contribution in [-0.4, -0.2) is 11.1 Å². The molecule has 0 saturated carbocycles. The second-order valence-electron chi connectivity index (χ2n) is 2.97. The molecule has 1 aliphatic rings. The SMILES string of the molecule is C[C@H]1Nc2ccccc2[C@@H]1O. The molecule has 11 heavy (non-hydrogen) atoms. The Balaban J connectivity index is 2.47. The summed E-state index contributed by atoms with van der Waals surface area (Å²) in [6.07, 6.45) is -0.341. The molecule has 0 saturated heterocycles. The van der Waals surface area contributed by atoms with Crippen molar-refractivity contribution in [2.75, 3.05) is 5.32 Å². The smallest absolute Gasteiger partial charge is 0.101 e. The maximum absolute atomic E-state index is 9.59. The van der Waals surface area contributed by atoms with Crippen molar-refractivity contribution in [3.63, 3.8) is 0 Å². The van der Waals surface area contributed by atoms with Crippen molar-refractivity contribution in [1.29, 1.82) is 0 Å². The summed E-state index contributed by atoms with van der Waals surface area (Å²) < 4.78 is 0. The standard InChI is InChI=1S/C9H11NO/c1-6-9(11)7-4-2-3-5-8(7)10-6/h2-6,9-11H,1H3/t6-,9-/m1/s1. The lowest BCUT2D eigenvalue weighted by Gasteiger charge is -2.07. The van der Waals surface area contributed by atoms with Gasteiger partial charge in [-0.05, 0) is 13.0 Å². The van der Waals surface area contributed by atoms with Gasteiger partial charge in [-0.15, -0.1) is 0 Å². The van der Waals surface area contributed by atoms with Gasteiger partial charge in [0.15, 0.2) is 0 Å². The first kappa shape index (κ1) is 6.68. The number of hydrogen-bond donors (Lipinski definition) is 2. The average Bonchev–Trinajstić information content (AvgIpc) is 2.30. The van der Waals surface area contributed by atoms with Gasteiger partial charge in [0.1, 0.15) is 6.10 Å². The summed E-state index contributed by atoms with van der Waals surface area (Å²) in [4.78, 5) is 0. The molecule has 1 aromatic carbocycles. The molecule has 0 spiro atoms. The van der Waals surface area contributed by atoms with Gasteiger partial charge in [0.05, 0.1) is 6.04 Å². The van der Waals surface area contributed by atoms with Gasteiger partial charge >= 0.3 is 0 Å². The van der Waals surface area contributed by atoms with Crippen LogP contribution in [0.3, 0.4) is 0 Å². The summed E-state index contributed by atoms with van der Waals surface area (Å²) in [5.74, 6) is 0. The predicted octanol–water partition coefficient (Wildman–Crippen LogP) is 1.53. The first-order chi connectivity index (χ1) is 5.29. The largest absolute Gasteiger partial charge is 0.386 e. The molecule has 2 heteroatoms. The van der Waals surface area contributed by atoms with Crippen molar-refractivity contribution in [3.8, 4) is 0 Å². The van der Waals surface area contributed by atoms with Crippen LogP contribution in [0.1, 0.15) is 18.6 Å². The summed E-state index contributed by atoms with van der Waals surface area (Å²) in [5.41, 5.74) is 2.08. The molecular formula is C9H11NO. The average molecular weight is 149 g/mol. The third kappa shape index (κ3) is 0.906. The van der Waals surface area contributed by atoms with Crippen LogP contribution >= 0.6 is 0 Å². The summed E-state index contributed by atoms with van der Waals surface area (Å²) >= 11 is 0. The maximum Gasteiger partial charge on any atom is 0.101 e. The fourth-order valence-electron chi connectivity index (χ4n) is 1.48. The molecule has 0 bridgehead atoms. The summed E-state index contributed by atoms with van der Waals surface area (Å²) in [5, 5.41) is 12.8. The second kappa shape index (κ2) is 2.24. The van der Waals surface area contributed by atoms with Crippen molar-refractivity contribution in [2.24, 2.45) is 0 Å². The van der Waals surface area contributed by atoms with Gasteiger partial charge in [-0.1, -0.05) is 18.2 Å². The van der Waals surface area contributed by atoms with Crippen molar-refractivity contribution >= 4 is 5.69 Å². The number of fused-ring (bicyclic) bond motifs is 1. The third-order valence-electron chi connectivity index (χ3n) is 2.14. The van der Waals surface area contributed by atoms with Gasteiger partial charge in [0.2, 0.25) is 0 Å². The molecule has 2 nitrogen and oxygen atoms in total. The molecule has 0 aromatic heterocycles. The molecule has 2 atom stereocenters. The highest BCUT2D eigenvalue weighted by molar-refractivity contribution is 5.57. The van der Waals surface area contributed by atoms with Crippen LogP contribution in [0.15, 0.2) is 24.3 Å². The summed E-state index contributed by atoms with van der Waals surface area (Å²) in [7, 11) is 0. The highest BCUT2D eigenvalue weighted by Crippen LogP contribution is 2.32.